The van der Waals surface area contributed by atoms with Crippen LogP contribution in [0, 0.1) is 33.8 Å². The van der Waals surface area contributed by atoms with Crippen molar-refractivity contribution in [2.24, 2.45) is 23.7 Å². The van der Waals surface area contributed by atoms with Crippen molar-refractivity contribution in [2.75, 3.05) is 12.0 Å². The van der Waals surface area contributed by atoms with E-state index in [1.165, 1.54) is 24.3 Å². The molecule has 2 N–H and O–H groups in total. The third kappa shape index (κ3) is 2.94. The highest BCUT2D eigenvalue weighted by atomic mass is 16.6. The van der Waals surface area contributed by atoms with E-state index < -0.39 is 11.0 Å². The highest BCUT2D eigenvalue weighted by molar-refractivity contribution is 6.06. The summed E-state index contributed by atoms with van der Waals surface area (Å²) < 4.78 is 0. The molecule has 4 aliphatic rings. The van der Waals surface area contributed by atoms with E-state index in [1.54, 1.807) is 0 Å². The van der Waals surface area contributed by atoms with Crippen molar-refractivity contribution in [3.8, 4) is 0 Å². The smallest absolute Gasteiger partial charge is 0.320 e. The molecule has 4 unspecified atom stereocenters. The zero-order valence-electron chi connectivity index (χ0n) is 14.3. The summed E-state index contributed by atoms with van der Waals surface area (Å²) in [7, 11) is 0. The van der Waals surface area contributed by atoms with Crippen molar-refractivity contribution in [2.45, 2.75) is 12.8 Å². The van der Waals surface area contributed by atoms with E-state index in [9.17, 15) is 24.5 Å². The molecule has 5 rings (SSSR count). The Balaban J connectivity index is 1.38. The van der Waals surface area contributed by atoms with Crippen molar-refractivity contribution >= 4 is 29.2 Å². The fraction of sp³-hybridized carbons (Fsp3) is 0.389. The number of allylic oxidation sites excluding steroid dienone is 2. The number of nitro groups is 1. The molecule has 0 radical (unpaired) electrons. The number of non-ortho nitro benzene ring substituents is 1. The number of carbonyl (C=O) groups excluding carboxylic acids is 3. The van der Waals surface area contributed by atoms with Gasteiger partial charge in [0.15, 0.2) is 0 Å². The number of likely N-dealkylation sites (tertiary alicyclic amines) is 1. The summed E-state index contributed by atoms with van der Waals surface area (Å²) in [5, 5.41) is 15.7. The van der Waals surface area contributed by atoms with Gasteiger partial charge < -0.3 is 10.6 Å². The van der Waals surface area contributed by atoms with Crippen LogP contribution in [0.3, 0.4) is 0 Å². The molecular formula is C18H18N4O5. The molecule has 4 atom stereocenters. The molecule has 1 saturated carbocycles. The maximum Gasteiger partial charge on any atom is 0.320 e. The topological polar surface area (TPSA) is 122 Å². The highest BCUT2D eigenvalue weighted by Crippen LogP contribution is 2.49. The molecule has 0 spiro atoms. The molecule has 1 aliphatic heterocycles. The van der Waals surface area contributed by atoms with Gasteiger partial charge in [-0.25, -0.2) is 4.79 Å². The van der Waals surface area contributed by atoms with Crippen molar-refractivity contribution in [3.63, 3.8) is 0 Å². The van der Waals surface area contributed by atoms with Gasteiger partial charge in [-0.1, -0.05) is 18.2 Å². The van der Waals surface area contributed by atoms with Crippen molar-refractivity contribution in [3.05, 3.63) is 46.5 Å². The third-order valence-electron chi connectivity index (χ3n) is 5.56. The van der Waals surface area contributed by atoms with Crippen LogP contribution in [0.15, 0.2) is 36.4 Å². The van der Waals surface area contributed by atoms with Gasteiger partial charge in [0.2, 0.25) is 11.8 Å². The summed E-state index contributed by atoms with van der Waals surface area (Å²) in [6.45, 7) is -0.217. The molecular weight excluding hydrogens is 352 g/mol. The van der Waals surface area contributed by atoms with Gasteiger partial charge in [-0.3, -0.25) is 24.6 Å². The largest absolute Gasteiger partial charge is 0.320 e. The van der Waals surface area contributed by atoms with E-state index in [1.807, 2.05) is 12.2 Å². The molecule has 1 heterocycles. The number of nitrogens with zero attached hydrogens (tertiary/aromatic N) is 2. The molecule has 2 bridgehead atoms. The van der Waals surface area contributed by atoms with E-state index in [0.717, 1.165) is 17.7 Å². The molecule has 4 amide bonds. The molecule has 9 heteroatoms. The zero-order valence-corrected chi connectivity index (χ0v) is 14.3. The summed E-state index contributed by atoms with van der Waals surface area (Å²) in [4.78, 5) is 48.7. The zero-order chi connectivity index (χ0) is 19.1. The number of imide groups is 1. The lowest BCUT2D eigenvalue weighted by Crippen LogP contribution is -2.43. The van der Waals surface area contributed by atoms with Gasteiger partial charge in [-0.15, -0.1) is 0 Å². The number of rotatable bonds is 4. The number of nitro benzene ring substituents is 1. The Morgan fingerprint density at radius 2 is 1.78 bits per heavy atom. The lowest BCUT2D eigenvalue weighted by atomic mass is 9.63. The van der Waals surface area contributed by atoms with Crippen LogP contribution in [0.2, 0.25) is 0 Å². The molecule has 0 aromatic heterocycles. The average Bonchev–Trinajstić information content (AvgIpc) is 2.94. The Labute approximate surface area is 154 Å². The SMILES string of the molecule is O=C(NCN1C(=O)C2C3C=CC(CC3)C2C1=O)Nc1cccc([N+](=O)[O-])c1. The summed E-state index contributed by atoms with van der Waals surface area (Å²) in [5.41, 5.74) is 0.0986. The molecule has 27 heavy (non-hydrogen) atoms. The van der Waals surface area contributed by atoms with Crippen molar-refractivity contribution in [1.82, 2.24) is 10.2 Å². The standard InChI is InChI=1S/C18H18N4O5/c23-16-14-10-4-5-11(7-6-10)15(14)17(24)21(16)9-19-18(25)20-12-2-1-3-13(8-12)22(26)27/h1-5,8,10-11,14-15H,6-7,9H2,(H2,19,20,25). The highest BCUT2D eigenvalue weighted by Gasteiger charge is 2.56. The maximum atomic E-state index is 12.7. The van der Waals surface area contributed by atoms with E-state index in [2.05, 4.69) is 10.6 Å². The van der Waals surface area contributed by atoms with Crippen molar-refractivity contribution in [1.29, 1.82) is 0 Å². The van der Waals surface area contributed by atoms with Gasteiger partial charge in [-0.05, 0) is 30.7 Å². The van der Waals surface area contributed by atoms with Crippen LogP contribution in [-0.4, -0.2) is 34.3 Å². The van der Waals surface area contributed by atoms with Gasteiger partial charge in [0, 0.05) is 17.8 Å². The fourth-order valence-electron chi connectivity index (χ4n) is 4.32. The van der Waals surface area contributed by atoms with E-state index in [-0.39, 0.29) is 53.5 Å². The van der Waals surface area contributed by atoms with Gasteiger partial charge in [0.05, 0.1) is 16.8 Å². The number of urea groups is 1. The fourth-order valence-corrected chi connectivity index (χ4v) is 4.32. The van der Waals surface area contributed by atoms with Crippen LogP contribution in [-0.2, 0) is 9.59 Å². The van der Waals surface area contributed by atoms with E-state index in [0.29, 0.717) is 0 Å². The van der Waals surface area contributed by atoms with E-state index >= 15 is 0 Å². The summed E-state index contributed by atoms with van der Waals surface area (Å²) in [6, 6.07) is 4.86. The number of nitrogens with one attached hydrogen (secondary N) is 2. The molecule has 3 aliphatic carbocycles. The lowest BCUT2D eigenvalue weighted by molar-refractivity contribution is -0.384. The average molecular weight is 370 g/mol. The van der Waals surface area contributed by atoms with Crippen molar-refractivity contribution < 1.29 is 19.3 Å². The van der Waals surface area contributed by atoms with Gasteiger partial charge >= 0.3 is 6.03 Å². The van der Waals surface area contributed by atoms with Gasteiger partial charge in [0.25, 0.3) is 5.69 Å². The number of anilines is 1. The number of amides is 4. The third-order valence-corrected chi connectivity index (χ3v) is 5.56. The minimum Gasteiger partial charge on any atom is -0.320 e. The second-order valence-corrected chi connectivity index (χ2v) is 7.04. The second kappa shape index (κ2) is 6.49. The predicted octanol–water partition coefficient (Wildman–Crippen LogP) is 1.87. The summed E-state index contributed by atoms with van der Waals surface area (Å²) >= 11 is 0. The Hall–Kier alpha value is -3.23. The normalized spacial score (nSPS) is 28.2. The monoisotopic (exact) mass is 370 g/mol. The predicted molar refractivity (Wildman–Crippen MR) is 94.3 cm³/mol. The first-order valence-corrected chi connectivity index (χ1v) is 8.78. The van der Waals surface area contributed by atoms with Crippen LogP contribution < -0.4 is 10.6 Å². The number of carbonyl (C=O) groups is 3. The van der Waals surface area contributed by atoms with Crippen LogP contribution >= 0.6 is 0 Å². The first kappa shape index (κ1) is 17.2. The van der Waals surface area contributed by atoms with Gasteiger partial charge in [0.1, 0.15) is 6.67 Å². The molecule has 2 fully saturated rings. The molecule has 140 valence electrons. The molecule has 9 nitrogen and oxygen atoms in total. The number of benzene rings is 1. The van der Waals surface area contributed by atoms with Crippen LogP contribution in [0.4, 0.5) is 16.2 Å². The summed E-state index contributed by atoms with van der Waals surface area (Å²) in [6.07, 6.45) is 5.89. The lowest BCUT2D eigenvalue weighted by Gasteiger charge is -2.38. The second-order valence-electron chi connectivity index (χ2n) is 7.04. The molecule has 1 aromatic carbocycles. The summed E-state index contributed by atoms with van der Waals surface area (Å²) in [5.74, 6) is -0.912. The van der Waals surface area contributed by atoms with Crippen LogP contribution in [0.5, 0.6) is 0 Å². The molecule has 1 aromatic rings. The quantitative estimate of drug-likeness (QED) is 0.363. The number of fused-ring (bicyclic) bond motifs is 1. The Morgan fingerprint density at radius 3 is 2.33 bits per heavy atom. The number of hydrogen-bond donors (Lipinski definition) is 2. The molecule has 1 saturated heterocycles. The maximum absolute atomic E-state index is 12.7. The minimum absolute atomic E-state index is 0.0974. The van der Waals surface area contributed by atoms with Crippen LogP contribution in [0.1, 0.15) is 12.8 Å². The van der Waals surface area contributed by atoms with Crippen LogP contribution in [0.25, 0.3) is 0 Å². The Morgan fingerprint density at radius 1 is 1.15 bits per heavy atom. The van der Waals surface area contributed by atoms with Gasteiger partial charge in [-0.2, -0.15) is 0 Å². The first-order valence-electron chi connectivity index (χ1n) is 8.78. The first-order chi connectivity index (χ1) is 13.0. The number of hydrogen-bond acceptors (Lipinski definition) is 5. The van der Waals surface area contributed by atoms with E-state index in [4.69, 9.17) is 0 Å². The Bertz CT molecular complexity index is 835. The Kier molecular flexibility index (Phi) is 4.14. The minimum atomic E-state index is -0.646.